The van der Waals surface area contributed by atoms with Gasteiger partial charge in [0.25, 0.3) is 5.91 Å². The van der Waals surface area contributed by atoms with Crippen LogP contribution in [-0.2, 0) is 0 Å². The van der Waals surface area contributed by atoms with Gasteiger partial charge in [0, 0.05) is 27.6 Å². The van der Waals surface area contributed by atoms with Crippen molar-refractivity contribution in [3.8, 4) is 0 Å². The van der Waals surface area contributed by atoms with Gasteiger partial charge in [0.1, 0.15) is 0 Å². The highest BCUT2D eigenvalue weighted by Crippen LogP contribution is 2.26. The summed E-state index contributed by atoms with van der Waals surface area (Å²) >= 11 is 1.57. The molecule has 2 aromatic rings. The number of carbonyl (C=O) groups is 1. The number of carbonyl (C=O) groups excluding carboxylic acids is 1. The van der Waals surface area contributed by atoms with Crippen molar-refractivity contribution in [3.05, 3.63) is 35.2 Å². The van der Waals surface area contributed by atoms with Crippen LogP contribution in [0.3, 0.4) is 0 Å². The second-order valence-corrected chi connectivity index (χ2v) is 5.87. The second-order valence-electron chi connectivity index (χ2n) is 4.96. The zero-order chi connectivity index (χ0) is 13.2. The fourth-order valence-electron chi connectivity index (χ4n) is 1.87. The molecule has 0 atom stereocenters. The lowest BCUT2D eigenvalue weighted by atomic mass is 10.0. The molecule has 1 amide bonds. The molecule has 1 heterocycles. The van der Waals surface area contributed by atoms with Crippen LogP contribution in [0.25, 0.3) is 10.1 Å². The first-order valence-electron chi connectivity index (χ1n) is 5.93. The summed E-state index contributed by atoms with van der Waals surface area (Å²) in [6.07, 6.45) is 0.542. The van der Waals surface area contributed by atoms with Gasteiger partial charge in [-0.25, -0.2) is 0 Å². The molecule has 18 heavy (non-hydrogen) atoms. The van der Waals surface area contributed by atoms with Crippen LogP contribution < -0.4 is 5.32 Å². The third-order valence-corrected chi connectivity index (χ3v) is 3.88. The van der Waals surface area contributed by atoms with Crippen molar-refractivity contribution >= 4 is 27.3 Å². The summed E-state index contributed by atoms with van der Waals surface area (Å²) in [5, 5.41) is 14.8. The number of hydrogen-bond acceptors (Lipinski definition) is 3. The molecule has 96 valence electrons. The van der Waals surface area contributed by atoms with E-state index in [1.54, 1.807) is 11.3 Å². The fraction of sp³-hybridized carbons (Fsp3) is 0.357. The van der Waals surface area contributed by atoms with Crippen LogP contribution in [-0.4, -0.2) is 23.2 Å². The van der Waals surface area contributed by atoms with Gasteiger partial charge >= 0.3 is 0 Å². The largest absolute Gasteiger partial charge is 0.396 e. The molecule has 0 saturated carbocycles. The normalized spacial score (nSPS) is 11.7. The van der Waals surface area contributed by atoms with E-state index in [9.17, 15) is 4.79 Å². The summed E-state index contributed by atoms with van der Waals surface area (Å²) < 4.78 is 1.11. The van der Waals surface area contributed by atoms with E-state index in [1.165, 1.54) is 0 Å². The average Bonchev–Trinajstić information content (AvgIpc) is 2.71. The molecule has 2 N–H and O–H groups in total. The second kappa shape index (κ2) is 5.08. The highest BCUT2D eigenvalue weighted by molar-refractivity contribution is 7.17. The Bertz CT molecular complexity index is 560. The van der Waals surface area contributed by atoms with Crippen molar-refractivity contribution < 1.29 is 9.90 Å². The quantitative estimate of drug-likeness (QED) is 0.891. The van der Waals surface area contributed by atoms with E-state index in [2.05, 4.69) is 5.32 Å². The molecule has 1 aromatic heterocycles. The molecule has 4 heteroatoms. The number of benzene rings is 1. The van der Waals surface area contributed by atoms with E-state index in [4.69, 9.17) is 5.11 Å². The van der Waals surface area contributed by atoms with E-state index in [0.29, 0.717) is 12.0 Å². The third-order valence-electron chi connectivity index (χ3n) is 2.91. The smallest absolute Gasteiger partial charge is 0.253 e. The Kier molecular flexibility index (Phi) is 3.68. The molecule has 0 bridgehead atoms. The highest BCUT2D eigenvalue weighted by Gasteiger charge is 2.22. The van der Waals surface area contributed by atoms with Gasteiger partial charge in [0.2, 0.25) is 0 Å². The molecular formula is C14H17NO2S. The summed E-state index contributed by atoms with van der Waals surface area (Å²) in [7, 11) is 0. The molecule has 0 unspecified atom stereocenters. The van der Waals surface area contributed by atoms with Crippen molar-refractivity contribution in [2.45, 2.75) is 25.8 Å². The first-order valence-corrected chi connectivity index (χ1v) is 6.81. The van der Waals surface area contributed by atoms with E-state index < -0.39 is 5.54 Å². The molecule has 0 aliphatic heterocycles. The lowest BCUT2D eigenvalue weighted by Gasteiger charge is -2.25. The minimum Gasteiger partial charge on any atom is -0.396 e. The molecule has 0 aliphatic rings. The summed E-state index contributed by atoms with van der Waals surface area (Å²) in [6, 6.07) is 7.87. The highest BCUT2D eigenvalue weighted by atomic mass is 32.1. The van der Waals surface area contributed by atoms with Crippen LogP contribution in [0.2, 0.25) is 0 Å². The average molecular weight is 263 g/mol. The van der Waals surface area contributed by atoms with Gasteiger partial charge in [0.05, 0.1) is 5.56 Å². The Morgan fingerprint density at radius 3 is 2.83 bits per heavy atom. The number of hydrogen-bond donors (Lipinski definition) is 2. The zero-order valence-electron chi connectivity index (χ0n) is 10.6. The van der Waals surface area contributed by atoms with E-state index in [0.717, 1.165) is 10.1 Å². The lowest BCUT2D eigenvalue weighted by Crippen LogP contribution is -2.43. The molecule has 0 radical (unpaired) electrons. The number of fused-ring (bicyclic) bond motifs is 1. The number of nitrogens with one attached hydrogen (secondary N) is 1. The zero-order valence-corrected chi connectivity index (χ0v) is 11.4. The van der Waals surface area contributed by atoms with Crippen LogP contribution in [0.4, 0.5) is 0 Å². The first kappa shape index (κ1) is 13.1. The number of aliphatic hydroxyl groups is 1. The summed E-state index contributed by atoms with van der Waals surface area (Å²) in [4.78, 5) is 12.2. The van der Waals surface area contributed by atoms with Crippen LogP contribution >= 0.6 is 11.3 Å². The minimum atomic E-state index is -0.394. The molecule has 0 spiro atoms. The molecule has 0 saturated heterocycles. The van der Waals surface area contributed by atoms with Crippen molar-refractivity contribution in [2.24, 2.45) is 0 Å². The van der Waals surface area contributed by atoms with Gasteiger partial charge < -0.3 is 10.4 Å². The maximum Gasteiger partial charge on any atom is 0.253 e. The molecular weight excluding hydrogens is 246 g/mol. The number of thiophene rings is 1. The molecule has 2 rings (SSSR count). The first-order chi connectivity index (χ1) is 8.53. The Morgan fingerprint density at radius 1 is 1.39 bits per heavy atom. The van der Waals surface area contributed by atoms with E-state index in [1.807, 2.05) is 43.5 Å². The molecule has 3 nitrogen and oxygen atoms in total. The van der Waals surface area contributed by atoms with Gasteiger partial charge in [-0.2, -0.15) is 0 Å². The number of amides is 1. The van der Waals surface area contributed by atoms with E-state index >= 15 is 0 Å². The topological polar surface area (TPSA) is 49.3 Å². The lowest BCUT2D eigenvalue weighted by molar-refractivity contribution is 0.0901. The van der Waals surface area contributed by atoms with Gasteiger partial charge in [-0.05, 0) is 26.3 Å². The Morgan fingerprint density at radius 2 is 2.11 bits per heavy atom. The standard InChI is InChI=1S/C14H17NO2S/c1-14(2,7-8-16)15-13(17)11-9-18-12-6-4-3-5-10(11)12/h3-6,9,16H,7-8H2,1-2H3,(H,15,17). The van der Waals surface area contributed by atoms with Gasteiger partial charge in [-0.1, -0.05) is 18.2 Å². The van der Waals surface area contributed by atoms with Crippen molar-refractivity contribution in [1.82, 2.24) is 5.32 Å². The van der Waals surface area contributed by atoms with Crippen molar-refractivity contribution in [1.29, 1.82) is 0 Å². The summed E-state index contributed by atoms with van der Waals surface area (Å²) in [5.74, 6) is -0.0779. The maximum absolute atomic E-state index is 12.2. The minimum absolute atomic E-state index is 0.0671. The third kappa shape index (κ3) is 2.71. The Hall–Kier alpha value is -1.39. The van der Waals surface area contributed by atoms with Gasteiger partial charge in [0.15, 0.2) is 0 Å². The maximum atomic E-state index is 12.2. The van der Waals surface area contributed by atoms with E-state index in [-0.39, 0.29) is 12.5 Å². The predicted octanol–water partition coefficient (Wildman–Crippen LogP) is 2.79. The van der Waals surface area contributed by atoms with Gasteiger partial charge in [-0.15, -0.1) is 11.3 Å². The fourth-order valence-corrected chi connectivity index (χ4v) is 2.81. The monoisotopic (exact) mass is 263 g/mol. The molecule has 0 aliphatic carbocycles. The van der Waals surface area contributed by atoms with Crippen LogP contribution in [0.1, 0.15) is 30.6 Å². The summed E-state index contributed by atoms with van der Waals surface area (Å²) in [5.41, 5.74) is 0.316. The number of aliphatic hydroxyl groups excluding tert-OH is 1. The van der Waals surface area contributed by atoms with Crippen molar-refractivity contribution in [3.63, 3.8) is 0 Å². The predicted molar refractivity (Wildman–Crippen MR) is 75.1 cm³/mol. The number of rotatable bonds is 4. The SMILES string of the molecule is CC(C)(CCO)NC(=O)c1csc2ccccc12. The Balaban J connectivity index is 2.24. The van der Waals surface area contributed by atoms with Crippen LogP contribution in [0, 0.1) is 0 Å². The summed E-state index contributed by atoms with van der Waals surface area (Å²) in [6.45, 7) is 3.89. The Labute approximate surface area is 110 Å². The molecule has 1 aromatic carbocycles. The van der Waals surface area contributed by atoms with Crippen LogP contribution in [0.15, 0.2) is 29.6 Å². The van der Waals surface area contributed by atoms with Crippen molar-refractivity contribution in [2.75, 3.05) is 6.61 Å². The van der Waals surface area contributed by atoms with Crippen LogP contribution in [0.5, 0.6) is 0 Å². The van der Waals surface area contributed by atoms with Gasteiger partial charge in [-0.3, -0.25) is 4.79 Å². The molecule has 0 fully saturated rings.